The summed E-state index contributed by atoms with van der Waals surface area (Å²) in [5.41, 5.74) is -0.519. The van der Waals surface area contributed by atoms with Crippen LogP contribution in [-0.4, -0.2) is 27.3 Å². The zero-order chi connectivity index (χ0) is 15.5. The highest BCUT2D eigenvalue weighted by atomic mass is 16.3. The molecule has 0 bridgehead atoms. The number of aromatic nitrogens is 2. The summed E-state index contributed by atoms with van der Waals surface area (Å²) >= 11 is 0. The van der Waals surface area contributed by atoms with E-state index in [1.54, 1.807) is 43.2 Å². The van der Waals surface area contributed by atoms with Gasteiger partial charge >= 0.3 is 0 Å². The molecule has 2 rings (SSSR count). The van der Waals surface area contributed by atoms with E-state index < -0.39 is 5.60 Å². The van der Waals surface area contributed by atoms with Crippen LogP contribution in [0.3, 0.4) is 0 Å². The average Bonchev–Trinajstić information content (AvgIpc) is 3.03. The number of aryl methyl sites for hydroxylation is 2. The summed E-state index contributed by atoms with van der Waals surface area (Å²) in [5.74, 6) is 1.10. The van der Waals surface area contributed by atoms with Gasteiger partial charge in [0.05, 0.1) is 12.7 Å². The maximum atomic E-state index is 11.7. The smallest absolute Gasteiger partial charge is 0.244 e. The quantitative estimate of drug-likeness (QED) is 0.814. The van der Waals surface area contributed by atoms with Gasteiger partial charge in [0.15, 0.2) is 0 Å². The second-order valence-corrected chi connectivity index (χ2v) is 5.18. The third-order valence-electron chi connectivity index (χ3n) is 3.09. The number of amides is 1. The molecule has 112 valence electrons. The fraction of sp³-hybridized carbons (Fsp3) is 0.333. The summed E-state index contributed by atoms with van der Waals surface area (Å²) in [5, 5.41) is 17.0. The predicted octanol–water partition coefficient (Wildman–Crippen LogP) is 1.36. The fourth-order valence-electron chi connectivity index (χ4n) is 1.82. The third kappa shape index (κ3) is 4.06. The Balaban J connectivity index is 1.90. The Morgan fingerprint density at radius 2 is 2.33 bits per heavy atom. The highest BCUT2D eigenvalue weighted by Crippen LogP contribution is 2.18. The van der Waals surface area contributed by atoms with Gasteiger partial charge in [-0.05, 0) is 32.1 Å². The largest absolute Gasteiger partial charge is 0.462 e. The van der Waals surface area contributed by atoms with Crippen molar-refractivity contribution in [3.8, 4) is 0 Å². The molecule has 0 aliphatic heterocycles. The Morgan fingerprint density at radius 1 is 1.57 bits per heavy atom. The Labute approximate surface area is 123 Å². The normalized spacial score (nSPS) is 14.3. The lowest BCUT2D eigenvalue weighted by Crippen LogP contribution is -2.37. The number of rotatable bonds is 5. The molecule has 0 aromatic carbocycles. The molecule has 2 N–H and O–H groups in total. The molecule has 2 heterocycles. The first-order valence-corrected chi connectivity index (χ1v) is 6.61. The second-order valence-electron chi connectivity index (χ2n) is 5.18. The molecule has 0 aliphatic carbocycles. The maximum absolute atomic E-state index is 11.7. The van der Waals surface area contributed by atoms with Gasteiger partial charge in [-0.25, -0.2) is 0 Å². The molecule has 0 aliphatic rings. The number of carbonyl (C=O) groups excluding carboxylic acids is 1. The molecular formula is C15H19N3O3. The molecule has 2 aromatic rings. The van der Waals surface area contributed by atoms with Crippen LogP contribution >= 0.6 is 0 Å². The van der Waals surface area contributed by atoms with E-state index in [4.69, 9.17) is 4.42 Å². The van der Waals surface area contributed by atoms with Crippen LogP contribution in [0.2, 0.25) is 0 Å². The van der Waals surface area contributed by atoms with Gasteiger partial charge in [0, 0.05) is 24.9 Å². The minimum atomic E-state index is -1.17. The molecule has 0 unspecified atom stereocenters. The number of hydrogen-bond acceptors (Lipinski definition) is 4. The lowest BCUT2D eigenvalue weighted by atomic mass is 10.00. The summed E-state index contributed by atoms with van der Waals surface area (Å²) in [6.07, 6.45) is 6.25. The number of furan rings is 1. The Morgan fingerprint density at radius 3 is 2.90 bits per heavy atom. The summed E-state index contributed by atoms with van der Waals surface area (Å²) in [7, 11) is 1.77. The number of hydrogen-bond donors (Lipinski definition) is 2. The van der Waals surface area contributed by atoms with Crippen LogP contribution in [0.5, 0.6) is 0 Å². The molecule has 2 aromatic heterocycles. The Kier molecular flexibility index (Phi) is 4.28. The topological polar surface area (TPSA) is 80.3 Å². The summed E-state index contributed by atoms with van der Waals surface area (Å²) in [4.78, 5) is 11.7. The number of nitrogens with one attached hydrogen (secondary N) is 1. The fourth-order valence-corrected chi connectivity index (χ4v) is 1.82. The minimum Gasteiger partial charge on any atom is -0.462 e. The minimum absolute atomic E-state index is 0.0963. The highest BCUT2D eigenvalue weighted by molar-refractivity contribution is 5.91. The first kappa shape index (κ1) is 15.1. The molecule has 1 amide bonds. The Bertz CT molecular complexity index is 653. The monoisotopic (exact) mass is 289 g/mol. The molecule has 1 atom stereocenters. The van der Waals surface area contributed by atoms with Crippen LogP contribution in [0.1, 0.15) is 24.0 Å². The Hall–Kier alpha value is -2.34. The van der Waals surface area contributed by atoms with E-state index in [0.29, 0.717) is 11.3 Å². The molecular weight excluding hydrogens is 270 g/mol. The lowest BCUT2D eigenvalue weighted by Gasteiger charge is -2.21. The van der Waals surface area contributed by atoms with E-state index >= 15 is 0 Å². The van der Waals surface area contributed by atoms with Crippen LogP contribution in [-0.2, 0) is 17.4 Å². The van der Waals surface area contributed by atoms with Crippen molar-refractivity contribution in [3.63, 3.8) is 0 Å². The first-order valence-electron chi connectivity index (χ1n) is 6.61. The van der Waals surface area contributed by atoms with Crippen molar-refractivity contribution in [2.45, 2.75) is 19.4 Å². The molecule has 6 nitrogen and oxygen atoms in total. The van der Waals surface area contributed by atoms with Crippen molar-refractivity contribution in [1.29, 1.82) is 0 Å². The average molecular weight is 289 g/mol. The van der Waals surface area contributed by atoms with Gasteiger partial charge in [-0.1, -0.05) is 0 Å². The highest BCUT2D eigenvalue weighted by Gasteiger charge is 2.24. The summed E-state index contributed by atoms with van der Waals surface area (Å²) in [6.45, 7) is 3.56. The number of aliphatic hydroxyl groups is 1. The van der Waals surface area contributed by atoms with Gasteiger partial charge in [-0.2, -0.15) is 5.10 Å². The van der Waals surface area contributed by atoms with Gasteiger partial charge in [-0.15, -0.1) is 0 Å². The lowest BCUT2D eigenvalue weighted by molar-refractivity contribution is -0.117. The SMILES string of the molecule is Cc1ccc(/C=C/C(=O)NC[C@@](C)(O)c2cnn(C)c2)o1. The number of nitrogens with zero attached hydrogens (tertiary/aromatic N) is 2. The molecule has 6 heteroatoms. The molecule has 21 heavy (non-hydrogen) atoms. The molecule has 0 saturated heterocycles. The maximum Gasteiger partial charge on any atom is 0.244 e. The second kappa shape index (κ2) is 5.97. The summed E-state index contributed by atoms with van der Waals surface area (Å²) in [6, 6.07) is 3.61. The summed E-state index contributed by atoms with van der Waals surface area (Å²) < 4.78 is 6.93. The van der Waals surface area contributed by atoms with Crippen LogP contribution in [0.15, 0.2) is 35.0 Å². The van der Waals surface area contributed by atoms with Gasteiger partial charge in [0.1, 0.15) is 17.1 Å². The van der Waals surface area contributed by atoms with E-state index in [1.807, 2.05) is 13.0 Å². The number of carbonyl (C=O) groups is 1. The van der Waals surface area contributed by atoms with Crippen molar-refractivity contribution < 1.29 is 14.3 Å². The molecule has 0 saturated carbocycles. The van der Waals surface area contributed by atoms with E-state index in [0.717, 1.165) is 5.76 Å². The van der Waals surface area contributed by atoms with Gasteiger partial charge in [0.2, 0.25) is 5.91 Å². The zero-order valence-corrected chi connectivity index (χ0v) is 12.3. The van der Waals surface area contributed by atoms with Gasteiger partial charge < -0.3 is 14.8 Å². The van der Waals surface area contributed by atoms with Crippen molar-refractivity contribution in [2.75, 3.05) is 6.54 Å². The molecule has 0 spiro atoms. The van der Waals surface area contributed by atoms with Crippen molar-refractivity contribution in [3.05, 3.63) is 47.7 Å². The van der Waals surface area contributed by atoms with Crippen molar-refractivity contribution in [1.82, 2.24) is 15.1 Å². The standard InChI is InChI=1S/C15H19N3O3/c1-11-4-5-13(21-11)6-7-14(19)16-10-15(2,20)12-8-17-18(3)9-12/h4-9,20H,10H2,1-3H3,(H,16,19)/b7-6+/t15-/m1/s1. The van der Waals surface area contributed by atoms with Crippen LogP contribution in [0, 0.1) is 6.92 Å². The van der Waals surface area contributed by atoms with Crippen molar-refractivity contribution >= 4 is 12.0 Å². The van der Waals surface area contributed by atoms with E-state index in [1.165, 1.54) is 6.08 Å². The van der Waals surface area contributed by atoms with Crippen LogP contribution in [0.25, 0.3) is 6.08 Å². The van der Waals surface area contributed by atoms with Gasteiger partial charge in [-0.3, -0.25) is 9.48 Å². The predicted molar refractivity (Wildman–Crippen MR) is 78.3 cm³/mol. The van der Waals surface area contributed by atoms with E-state index in [-0.39, 0.29) is 12.5 Å². The zero-order valence-electron chi connectivity index (χ0n) is 12.3. The van der Waals surface area contributed by atoms with Crippen LogP contribution < -0.4 is 5.32 Å². The van der Waals surface area contributed by atoms with Crippen molar-refractivity contribution in [2.24, 2.45) is 7.05 Å². The molecule has 0 radical (unpaired) electrons. The first-order chi connectivity index (χ1) is 9.87. The van der Waals surface area contributed by atoms with E-state index in [2.05, 4.69) is 10.4 Å². The van der Waals surface area contributed by atoms with Crippen LogP contribution in [0.4, 0.5) is 0 Å². The van der Waals surface area contributed by atoms with Gasteiger partial charge in [0.25, 0.3) is 0 Å². The van der Waals surface area contributed by atoms with E-state index in [9.17, 15) is 9.90 Å². The molecule has 0 fully saturated rings. The third-order valence-corrected chi connectivity index (χ3v) is 3.09.